The number of halogens is 2. The summed E-state index contributed by atoms with van der Waals surface area (Å²) < 4.78 is 31.5. The van der Waals surface area contributed by atoms with Crippen LogP contribution in [0, 0.1) is 5.41 Å². The highest BCUT2D eigenvalue weighted by Gasteiger charge is 2.39. The largest absolute Gasteiger partial charge is 0.208 e. The summed E-state index contributed by atoms with van der Waals surface area (Å²) in [5.41, 5.74) is 2.26. The Morgan fingerprint density at radius 2 is 1.11 bits per heavy atom. The van der Waals surface area contributed by atoms with Gasteiger partial charge in [0, 0.05) is 5.41 Å². The average Bonchev–Trinajstić information content (AvgIpc) is 2.92. The highest BCUT2D eigenvalue weighted by molar-refractivity contribution is 5.63. The Morgan fingerprint density at radius 3 is 1.67 bits per heavy atom. The van der Waals surface area contributed by atoms with Crippen LogP contribution in [-0.2, 0) is 0 Å². The minimum absolute atomic E-state index is 0.510. The first-order valence-electron chi connectivity index (χ1n) is 14.5. The van der Waals surface area contributed by atoms with Crippen LogP contribution in [-0.4, -0.2) is 0 Å². The summed E-state index contributed by atoms with van der Waals surface area (Å²) in [4.78, 5) is 0. The van der Waals surface area contributed by atoms with Crippen molar-refractivity contribution in [2.24, 2.45) is 5.41 Å². The molecule has 1 atom stereocenters. The molecular weight excluding hydrogens is 446 g/mol. The Labute approximate surface area is 218 Å². The lowest BCUT2D eigenvalue weighted by Gasteiger charge is -2.34. The van der Waals surface area contributed by atoms with E-state index in [4.69, 9.17) is 0 Å². The van der Waals surface area contributed by atoms with Crippen LogP contribution in [0.2, 0.25) is 0 Å². The zero-order valence-corrected chi connectivity index (χ0v) is 22.6. The van der Waals surface area contributed by atoms with Gasteiger partial charge in [0.15, 0.2) is 0 Å². The van der Waals surface area contributed by atoms with Gasteiger partial charge >= 0.3 is 0 Å². The predicted octanol–water partition coefficient (Wildman–Crippen LogP) is 11.6. The predicted molar refractivity (Wildman–Crippen MR) is 151 cm³/mol. The number of unbranched alkanes of at least 4 members (excludes halogenated alkanes) is 10. The van der Waals surface area contributed by atoms with Crippen LogP contribution in [0.15, 0.2) is 78.4 Å². The molecule has 1 aliphatic rings. The van der Waals surface area contributed by atoms with E-state index >= 15 is 8.78 Å². The van der Waals surface area contributed by atoms with Gasteiger partial charge in [-0.1, -0.05) is 158 Å². The molecule has 0 spiro atoms. The van der Waals surface area contributed by atoms with E-state index in [2.05, 4.69) is 26.0 Å². The van der Waals surface area contributed by atoms with Gasteiger partial charge in [-0.2, -0.15) is 0 Å². The van der Waals surface area contributed by atoms with Gasteiger partial charge < -0.3 is 0 Å². The summed E-state index contributed by atoms with van der Waals surface area (Å²) >= 11 is 0. The average molecular weight is 493 g/mol. The second-order valence-corrected chi connectivity index (χ2v) is 10.7. The minimum Gasteiger partial charge on any atom is -0.208 e. The lowest BCUT2D eigenvalue weighted by atomic mass is 9.71. The summed E-state index contributed by atoms with van der Waals surface area (Å²) in [6.45, 7) is 4.44. The topological polar surface area (TPSA) is 0 Å². The molecule has 0 heterocycles. The quantitative estimate of drug-likeness (QED) is 0.161. The van der Waals surface area contributed by atoms with Gasteiger partial charge in [-0.3, -0.25) is 0 Å². The van der Waals surface area contributed by atoms with Gasteiger partial charge in [-0.25, -0.2) is 8.78 Å². The normalized spacial score (nSPS) is 17.1. The summed E-state index contributed by atoms with van der Waals surface area (Å²) in [5, 5.41) is 0. The third kappa shape index (κ3) is 7.89. The monoisotopic (exact) mass is 492 g/mol. The molecule has 0 aromatic heterocycles. The molecule has 0 N–H and O–H groups in total. The molecule has 0 fully saturated rings. The fourth-order valence-corrected chi connectivity index (χ4v) is 5.54. The van der Waals surface area contributed by atoms with E-state index in [1.165, 1.54) is 51.4 Å². The number of hydrogen-bond acceptors (Lipinski definition) is 0. The van der Waals surface area contributed by atoms with Crippen molar-refractivity contribution in [1.82, 2.24) is 0 Å². The lowest BCUT2D eigenvalue weighted by molar-refractivity contribution is 0.266. The molecule has 1 aliphatic carbocycles. The maximum Gasteiger partial charge on any atom is 0.143 e. The van der Waals surface area contributed by atoms with Crippen LogP contribution in [0.5, 0.6) is 0 Å². The van der Waals surface area contributed by atoms with Crippen LogP contribution in [0.25, 0.3) is 11.1 Å². The molecule has 3 rings (SSSR count). The highest BCUT2D eigenvalue weighted by Crippen LogP contribution is 2.49. The van der Waals surface area contributed by atoms with E-state index in [0.29, 0.717) is 12.8 Å². The van der Waals surface area contributed by atoms with Gasteiger partial charge in [0.25, 0.3) is 0 Å². The van der Waals surface area contributed by atoms with E-state index < -0.39 is 23.0 Å². The van der Waals surface area contributed by atoms with Gasteiger partial charge in [-0.05, 0) is 29.5 Å². The van der Waals surface area contributed by atoms with Crippen molar-refractivity contribution in [3.63, 3.8) is 0 Å². The van der Waals surface area contributed by atoms with Crippen LogP contribution < -0.4 is 0 Å². The molecule has 2 heteroatoms. The Kier molecular flexibility index (Phi) is 11.9. The number of benzene rings is 2. The molecule has 2 aromatic rings. The molecule has 0 aliphatic heterocycles. The second kappa shape index (κ2) is 15.1. The number of allylic oxidation sites excluding steroid dienone is 4. The van der Waals surface area contributed by atoms with Gasteiger partial charge in [0.2, 0.25) is 0 Å². The molecule has 0 amide bonds. The van der Waals surface area contributed by atoms with E-state index in [0.717, 1.165) is 42.4 Å². The summed E-state index contributed by atoms with van der Waals surface area (Å²) in [5.74, 6) is -1.72. The van der Waals surface area contributed by atoms with Crippen molar-refractivity contribution in [2.75, 3.05) is 0 Å². The molecule has 0 nitrogen and oxygen atoms in total. The first kappa shape index (κ1) is 28.4. The van der Waals surface area contributed by atoms with Gasteiger partial charge in [0.05, 0.1) is 5.92 Å². The van der Waals surface area contributed by atoms with Crippen molar-refractivity contribution in [1.29, 1.82) is 0 Å². The zero-order chi connectivity index (χ0) is 25.6. The first-order valence-corrected chi connectivity index (χ1v) is 14.5. The molecule has 0 saturated heterocycles. The maximum atomic E-state index is 15.9. The third-order valence-electron chi connectivity index (χ3n) is 7.86. The Morgan fingerprint density at radius 1 is 0.611 bits per heavy atom. The lowest BCUT2D eigenvalue weighted by Crippen LogP contribution is -2.24. The highest BCUT2D eigenvalue weighted by atomic mass is 19.2. The smallest absolute Gasteiger partial charge is 0.143 e. The Hall–Kier alpha value is -2.22. The van der Waals surface area contributed by atoms with Crippen molar-refractivity contribution >= 4 is 0 Å². The van der Waals surface area contributed by atoms with Crippen molar-refractivity contribution in [3.8, 4) is 11.1 Å². The van der Waals surface area contributed by atoms with Crippen LogP contribution >= 0.6 is 0 Å². The summed E-state index contributed by atoms with van der Waals surface area (Å²) in [6, 6.07) is 18.1. The molecule has 0 saturated carbocycles. The van der Waals surface area contributed by atoms with Crippen molar-refractivity contribution in [2.45, 2.75) is 110 Å². The second-order valence-electron chi connectivity index (χ2n) is 10.7. The van der Waals surface area contributed by atoms with E-state index in [1.807, 2.05) is 54.6 Å². The van der Waals surface area contributed by atoms with E-state index in [9.17, 15) is 0 Å². The standard InChI is InChI=1S/C34H46F2/c1-3-5-7-9-11-16-25-34(26-17-12-10-8-6-4-2)27-24-31(32(35)33(34)36)30-22-20-29(21-23-30)28-18-14-13-15-19-28/h13-15,18-24,27,31H,3-12,16-17,25-26H2,1-2H3. The maximum absolute atomic E-state index is 15.9. The van der Waals surface area contributed by atoms with Crippen molar-refractivity contribution < 1.29 is 8.78 Å². The van der Waals surface area contributed by atoms with Crippen LogP contribution in [0.4, 0.5) is 8.78 Å². The summed E-state index contributed by atoms with van der Waals surface area (Å²) in [7, 11) is 0. The molecule has 1 unspecified atom stereocenters. The Bertz CT molecular complexity index is 923. The van der Waals surface area contributed by atoms with Crippen LogP contribution in [0.1, 0.15) is 115 Å². The molecule has 0 bridgehead atoms. The van der Waals surface area contributed by atoms with Crippen molar-refractivity contribution in [3.05, 3.63) is 84.0 Å². The molecule has 2 aromatic carbocycles. The summed E-state index contributed by atoms with van der Waals surface area (Å²) in [6.07, 6.45) is 19.3. The molecule has 36 heavy (non-hydrogen) atoms. The third-order valence-corrected chi connectivity index (χ3v) is 7.86. The Balaban J connectivity index is 1.70. The van der Waals surface area contributed by atoms with Gasteiger partial charge in [0.1, 0.15) is 11.7 Å². The number of hydrogen-bond donors (Lipinski definition) is 0. The number of rotatable bonds is 16. The fraction of sp³-hybridized carbons (Fsp3) is 0.529. The SMILES string of the molecule is CCCCCCCCC1(CCCCCCCC)C=CC(c2ccc(-c3ccccc3)cc2)C(F)=C1F. The minimum atomic E-state index is -0.764. The first-order chi connectivity index (χ1) is 17.6. The zero-order valence-electron chi connectivity index (χ0n) is 22.6. The molecule has 196 valence electrons. The van der Waals surface area contributed by atoms with E-state index in [1.54, 1.807) is 0 Å². The molecular formula is C34H46F2. The fourth-order valence-electron chi connectivity index (χ4n) is 5.54. The van der Waals surface area contributed by atoms with E-state index in [-0.39, 0.29) is 0 Å². The van der Waals surface area contributed by atoms with Crippen LogP contribution in [0.3, 0.4) is 0 Å². The molecule has 0 radical (unpaired) electrons. The van der Waals surface area contributed by atoms with Gasteiger partial charge in [-0.15, -0.1) is 0 Å².